The van der Waals surface area contributed by atoms with Crippen molar-refractivity contribution in [2.75, 3.05) is 18.4 Å². The minimum absolute atomic E-state index is 0.0486. The number of aromatic nitrogens is 2. The van der Waals surface area contributed by atoms with Crippen LogP contribution in [0.25, 0.3) is 0 Å². The predicted molar refractivity (Wildman–Crippen MR) is 94.2 cm³/mol. The van der Waals surface area contributed by atoms with E-state index >= 15 is 0 Å². The van der Waals surface area contributed by atoms with Crippen LogP contribution in [0.4, 0.5) is 36.7 Å². The molecule has 1 fully saturated rings. The number of nitrogens with one attached hydrogen (secondary N) is 1. The van der Waals surface area contributed by atoms with Crippen LogP contribution < -0.4 is 5.32 Å². The molecule has 0 radical (unpaired) electrons. The Labute approximate surface area is 175 Å². The molecule has 0 unspecified atom stereocenters. The molecule has 170 valence electrons. The van der Waals surface area contributed by atoms with Crippen LogP contribution in [0, 0.1) is 0 Å². The molecule has 1 spiro atoms. The molecule has 32 heavy (non-hydrogen) atoms. The van der Waals surface area contributed by atoms with Crippen molar-refractivity contribution in [3.63, 3.8) is 0 Å². The van der Waals surface area contributed by atoms with Gasteiger partial charge >= 0.3 is 12.4 Å². The van der Waals surface area contributed by atoms with Crippen molar-refractivity contribution in [2.45, 2.75) is 30.4 Å². The summed E-state index contributed by atoms with van der Waals surface area (Å²) in [6, 6.07) is 2.43. The fourth-order valence-electron chi connectivity index (χ4n) is 3.69. The lowest BCUT2D eigenvalue weighted by Crippen LogP contribution is -2.47. The first-order chi connectivity index (χ1) is 14.8. The molecule has 0 bridgehead atoms. The van der Waals surface area contributed by atoms with Gasteiger partial charge in [0.1, 0.15) is 12.7 Å². The van der Waals surface area contributed by atoms with Crippen molar-refractivity contribution >= 4 is 17.8 Å². The Balaban J connectivity index is 1.52. The number of fused-ring (bicyclic) bond motifs is 2. The third-order valence-corrected chi connectivity index (χ3v) is 5.42. The highest BCUT2D eigenvalue weighted by Crippen LogP contribution is 2.55. The number of carbonyl (C=O) groups excluding carboxylic acids is 2. The van der Waals surface area contributed by atoms with Gasteiger partial charge in [0.25, 0.3) is 5.91 Å². The number of amides is 2. The number of hydrogen-bond donors (Lipinski definition) is 1. The van der Waals surface area contributed by atoms with E-state index in [1.54, 1.807) is 0 Å². The number of hydrogen-bond acceptors (Lipinski definition) is 4. The summed E-state index contributed by atoms with van der Waals surface area (Å²) in [5.41, 5.74) is -3.65. The second-order valence-corrected chi connectivity index (χ2v) is 7.59. The van der Waals surface area contributed by atoms with E-state index < -0.39 is 59.4 Å². The van der Waals surface area contributed by atoms with Crippen LogP contribution >= 0.6 is 0 Å². The van der Waals surface area contributed by atoms with Crippen LogP contribution in [-0.2, 0) is 22.6 Å². The highest BCUT2D eigenvalue weighted by Gasteiger charge is 2.61. The van der Waals surface area contributed by atoms with Crippen LogP contribution in [0.2, 0.25) is 0 Å². The predicted octanol–water partition coefficient (Wildman–Crippen LogP) is 3.59. The van der Waals surface area contributed by atoms with Gasteiger partial charge in [0, 0.05) is 29.9 Å². The van der Waals surface area contributed by atoms with Gasteiger partial charge in [-0.15, -0.1) is 0 Å². The van der Waals surface area contributed by atoms with Crippen LogP contribution in [-0.4, -0.2) is 45.9 Å². The summed E-state index contributed by atoms with van der Waals surface area (Å²) >= 11 is 0. The first-order valence-corrected chi connectivity index (χ1v) is 9.15. The van der Waals surface area contributed by atoms with Gasteiger partial charge in [-0.1, -0.05) is 0 Å². The molecule has 1 aromatic carbocycles. The highest BCUT2D eigenvalue weighted by atomic mass is 19.4. The van der Waals surface area contributed by atoms with Crippen molar-refractivity contribution < 1.29 is 40.3 Å². The summed E-state index contributed by atoms with van der Waals surface area (Å²) in [7, 11) is 0. The molecule has 1 N–H and O–H groups in total. The molecule has 2 aliphatic rings. The minimum atomic E-state index is -4.67. The molecule has 2 atom stereocenters. The topological polar surface area (TPSA) is 75.2 Å². The molecule has 1 saturated carbocycles. The average Bonchev–Trinajstić information content (AvgIpc) is 3.34. The fourth-order valence-corrected chi connectivity index (χ4v) is 3.69. The van der Waals surface area contributed by atoms with Crippen molar-refractivity contribution in [3.8, 4) is 0 Å². The van der Waals surface area contributed by atoms with Gasteiger partial charge in [-0.3, -0.25) is 14.9 Å². The van der Waals surface area contributed by atoms with Crippen LogP contribution in [0.1, 0.15) is 33.5 Å². The number of halogens is 7. The molecular weight excluding hydrogens is 449 g/mol. The molecule has 1 aliphatic carbocycles. The molecular formula is C19H13F7N4O2. The monoisotopic (exact) mass is 462 g/mol. The van der Waals surface area contributed by atoms with E-state index in [1.165, 1.54) is 0 Å². The van der Waals surface area contributed by atoms with Crippen molar-refractivity contribution in [2.24, 2.45) is 0 Å². The van der Waals surface area contributed by atoms with Crippen molar-refractivity contribution in [3.05, 3.63) is 52.8 Å². The van der Waals surface area contributed by atoms with Crippen LogP contribution in [0.5, 0.6) is 0 Å². The third-order valence-electron chi connectivity index (χ3n) is 5.42. The van der Waals surface area contributed by atoms with Gasteiger partial charge in [-0.2, -0.15) is 26.3 Å². The Hall–Kier alpha value is -3.25. The first kappa shape index (κ1) is 22.0. The van der Waals surface area contributed by atoms with E-state index in [-0.39, 0.29) is 24.1 Å². The molecule has 2 aromatic rings. The number of carbonyl (C=O) groups is 2. The zero-order chi connectivity index (χ0) is 23.5. The Bertz CT molecular complexity index is 1080. The van der Waals surface area contributed by atoms with Crippen LogP contribution in [0.15, 0.2) is 30.6 Å². The maximum atomic E-state index is 14.2. The van der Waals surface area contributed by atoms with Gasteiger partial charge in [0.2, 0.25) is 11.9 Å². The second-order valence-electron chi connectivity index (χ2n) is 7.59. The normalized spacial score (nSPS) is 22.7. The Morgan fingerprint density at radius 2 is 1.69 bits per heavy atom. The van der Waals surface area contributed by atoms with E-state index in [4.69, 9.17) is 0 Å². The number of anilines is 1. The molecule has 13 heteroatoms. The average molecular weight is 462 g/mol. The SMILES string of the molecule is O=C(CN1C[C@]2(C[C@H]2F)c2cc(C(F)(F)F)ccc2C1=O)Nc1ncc(C(F)(F)F)cn1. The van der Waals surface area contributed by atoms with Gasteiger partial charge in [-0.05, 0) is 30.2 Å². The lowest BCUT2D eigenvalue weighted by Gasteiger charge is -2.34. The summed E-state index contributed by atoms with van der Waals surface area (Å²) in [5, 5.41) is 2.14. The Morgan fingerprint density at radius 3 is 2.22 bits per heavy atom. The second kappa shape index (κ2) is 7.14. The van der Waals surface area contributed by atoms with Gasteiger partial charge < -0.3 is 4.90 Å². The molecule has 1 aromatic heterocycles. The third kappa shape index (κ3) is 3.86. The maximum Gasteiger partial charge on any atom is 0.419 e. The lowest BCUT2D eigenvalue weighted by atomic mass is 9.85. The number of nitrogens with zero attached hydrogens (tertiary/aromatic N) is 3. The van der Waals surface area contributed by atoms with Crippen molar-refractivity contribution in [1.29, 1.82) is 0 Å². The van der Waals surface area contributed by atoms with Gasteiger partial charge in [-0.25, -0.2) is 14.4 Å². The fraction of sp³-hybridized carbons (Fsp3) is 0.368. The largest absolute Gasteiger partial charge is 0.419 e. The zero-order valence-electron chi connectivity index (χ0n) is 15.9. The summed E-state index contributed by atoms with van der Waals surface area (Å²) in [6.07, 6.45) is -9.98. The molecule has 1 aliphatic heterocycles. The molecule has 2 amide bonds. The summed E-state index contributed by atoms with van der Waals surface area (Å²) in [4.78, 5) is 32.8. The maximum absolute atomic E-state index is 14.2. The van der Waals surface area contributed by atoms with E-state index in [1.807, 2.05) is 0 Å². The summed E-state index contributed by atoms with van der Waals surface area (Å²) in [5.74, 6) is -2.06. The molecule has 0 saturated heterocycles. The number of benzene rings is 1. The molecule has 4 rings (SSSR count). The van der Waals surface area contributed by atoms with E-state index in [0.717, 1.165) is 17.0 Å². The van der Waals surface area contributed by atoms with Crippen molar-refractivity contribution in [1.82, 2.24) is 14.9 Å². The van der Waals surface area contributed by atoms with E-state index in [0.29, 0.717) is 18.5 Å². The number of rotatable bonds is 3. The summed E-state index contributed by atoms with van der Waals surface area (Å²) in [6.45, 7) is -0.930. The van der Waals surface area contributed by atoms with Gasteiger partial charge in [0.05, 0.1) is 11.1 Å². The first-order valence-electron chi connectivity index (χ1n) is 9.15. The Morgan fingerprint density at radius 1 is 1.09 bits per heavy atom. The van der Waals surface area contributed by atoms with E-state index in [9.17, 15) is 40.3 Å². The Kier molecular flexibility index (Phi) is 4.90. The highest BCUT2D eigenvalue weighted by molar-refractivity contribution is 6.01. The lowest BCUT2D eigenvalue weighted by molar-refractivity contribution is -0.138. The minimum Gasteiger partial charge on any atom is -0.328 e. The quantitative estimate of drug-likeness (QED) is 0.708. The zero-order valence-corrected chi connectivity index (χ0v) is 15.9. The van der Waals surface area contributed by atoms with Crippen LogP contribution in [0.3, 0.4) is 0 Å². The number of alkyl halides is 7. The smallest absolute Gasteiger partial charge is 0.328 e. The standard InChI is InChI=1S/C19H13F7N4O2/c20-13-4-17(13)8-30(15(32)11-2-1-9(3-12(11)17)18(21,22)23)7-14(31)29-16-27-5-10(6-28-16)19(24,25)26/h1-3,5-6,13H,4,7-8H2,(H,27,28,29,31)/t13-,17-/m1/s1. The van der Waals surface area contributed by atoms with Gasteiger partial charge in [0.15, 0.2) is 0 Å². The summed E-state index contributed by atoms with van der Waals surface area (Å²) < 4.78 is 91.1. The van der Waals surface area contributed by atoms with E-state index in [2.05, 4.69) is 15.3 Å². The molecule has 6 nitrogen and oxygen atoms in total. The molecule has 2 heterocycles.